The molecule has 20 heavy (non-hydrogen) atoms. The van der Waals surface area contributed by atoms with E-state index in [1.165, 1.54) is 6.07 Å². The van der Waals surface area contributed by atoms with Crippen molar-refractivity contribution >= 4 is 11.6 Å². The topological polar surface area (TPSA) is 29.9 Å². The van der Waals surface area contributed by atoms with Gasteiger partial charge in [0.25, 0.3) is 0 Å². The molecule has 2 aromatic rings. The van der Waals surface area contributed by atoms with Crippen molar-refractivity contribution in [3.8, 4) is 0 Å². The molecule has 1 aromatic heterocycles. The van der Waals surface area contributed by atoms with E-state index < -0.39 is 0 Å². The maximum Gasteiger partial charge on any atom is 0.123 e. The Morgan fingerprint density at radius 1 is 1.45 bits per heavy atom. The van der Waals surface area contributed by atoms with E-state index in [0.29, 0.717) is 11.4 Å². The molecule has 0 saturated carbocycles. The van der Waals surface area contributed by atoms with Crippen molar-refractivity contribution in [2.45, 2.75) is 26.3 Å². The van der Waals surface area contributed by atoms with Crippen LogP contribution in [0.1, 0.15) is 29.9 Å². The first kappa shape index (κ1) is 15.0. The first-order valence-corrected chi connectivity index (χ1v) is 7.07. The molecule has 1 unspecified atom stereocenters. The van der Waals surface area contributed by atoms with Gasteiger partial charge < -0.3 is 5.32 Å². The zero-order chi connectivity index (χ0) is 14.7. The lowest BCUT2D eigenvalue weighted by Gasteiger charge is -2.19. The molecule has 0 fully saturated rings. The number of nitrogens with one attached hydrogen (secondary N) is 1. The third-order valence-electron chi connectivity index (χ3n) is 3.36. The average molecular weight is 296 g/mol. The number of benzene rings is 1. The van der Waals surface area contributed by atoms with Gasteiger partial charge in [0.1, 0.15) is 5.82 Å². The van der Waals surface area contributed by atoms with Crippen LogP contribution in [0.4, 0.5) is 4.39 Å². The summed E-state index contributed by atoms with van der Waals surface area (Å²) in [6.45, 7) is 4.72. The minimum absolute atomic E-state index is 0.0167. The van der Waals surface area contributed by atoms with E-state index in [0.717, 1.165) is 23.5 Å². The first-order valence-electron chi connectivity index (χ1n) is 6.69. The quantitative estimate of drug-likeness (QED) is 0.916. The highest BCUT2D eigenvalue weighted by molar-refractivity contribution is 6.31. The van der Waals surface area contributed by atoms with Crippen LogP contribution in [-0.4, -0.2) is 16.3 Å². The van der Waals surface area contributed by atoms with Crippen molar-refractivity contribution in [3.63, 3.8) is 0 Å². The van der Waals surface area contributed by atoms with Gasteiger partial charge in [-0.25, -0.2) is 4.39 Å². The smallest absolute Gasteiger partial charge is 0.123 e. The summed E-state index contributed by atoms with van der Waals surface area (Å²) in [5.74, 6) is -0.224. The Morgan fingerprint density at radius 2 is 2.20 bits per heavy atom. The maximum absolute atomic E-state index is 13.4. The molecule has 1 N–H and O–H groups in total. The van der Waals surface area contributed by atoms with E-state index in [9.17, 15) is 4.39 Å². The van der Waals surface area contributed by atoms with Crippen LogP contribution in [-0.2, 0) is 13.5 Å². The fourth-order valence-corrected chi connectivity index (χ4v) is 2.61. The molecule has 0 aliphatic rings. The molecule has 0 spiro atoms. The summed E-state index contributed by atoms with van der Waals surface area (Å²) in [5, 5.41) is 8.38. The predicted molar refractivity (Wildman–Crippen MR) is 79.5 cm³/mol. The zero-order valence-electron chi connectivity index (χ0n) is 12.0. The number of nitrogens with zero attached hydrogens (tertiary/aromatic N) is 2. The zero-order valence-corrected chi connectivity index (χ0v) is 12.7. The van der Waals surface area contributed by atoms with Crippen molar-refractivity contribution in [1.82, 2.24) is 15.1 Å². The van der Waals surface area contributed by atoms with Crippen LogP contribution in [0, 0.1) is 12.7 Å². The largest absolute Gasteiger partial charge is 0.310 e. The molecule has 1 aromatic carbocycles. The van der Waals surface area contributed by atoms with Crippen LogP contribution in [0.5, 0.6) is 0 Å². The molecule has 5 heteroatoms. The third-order valence-corrected chi connectivity index (χ3v) is 3.85. The lowest BCUT2D eigenvalue weighted by Crippen LogP contribution is -2.24. The second-order valence-electron chi connectivity index (χ2n) is 4.84. The van der Waals surface area contributed by atoms with Crippen LogP contribution in [0.3, 0.4) is 0 Å². The monoisotopic (exact) mass is 295 g/mol. The Bertz CT molecular complexity index is 595. The molecule has 1 heterocycles. The first-order chi connectivity index (χ1) is 9.52. The Labute approximate surface area is 123 Å². The van der Waals surface area contributed by atoms with Gasteiger partial charge in [0.15, 0.2) is 0 Å². The second-order valence-corrected chi connectivity index (χ2v) is 5.22. The molecule has 108 valence electrons. The Hall–Kier alpha value is -1.39. The van der Waals surface area contributed by atoms with Crippen molar-refractivity contribution in [3.05, 3.63) is 52.1 Å². The second kappa shape index (κ2) is 6.37. The van der Waals surface area contributed by atoms with Crippen LogP contribution in [0.2, 0.25) is 5.02 Å². The van der Waals surface area contributed by atoms with Gasteiger partial charge >= 0.3 is 0 Å². The van der Waals surface area contributed by atoms with Gasteiger partial charge in [-0.1, -0.05) is 30.7 Å². The van der Waals surface area contributed by atoms with Crippen molar-refractivity contribution in [2.24, 2.45) is 7.05 Å². The lowest BCUT2D eigenvalue weighted by molar-refractivity contribution is 0.524. The summed E-state index contributed by atoms with van der Waals surface area (Å²) in [7, 11) is 1.88. The molecular weight excluding hydrogens is 277 g/mol. The normalized spacial score (nSPS) is 12.7. The van der Waals surface area contributed by atoms with Crippen molar-refractivity contribution in [2.75, 3.05) is 6.54 Å². The summed E-state index contributed by atoms with van der Waals surface area (Å²) < 4.78 is 15.2. The highest BCUT2D eigenvalue weighted by atomic mass is 35.5. The van der Waals surface area contributed by atoms with Gasteiger partial charge in [-0.05, 0) is 31.2 Å². The van der Waals surface area contributed by atoms with Crippen molar-refractivity contribution in [1.29, 1.82) is 0 Å². The Morgan fingerprint density at radius 3 is 2.75 bits per heavy atom. The highest BCUT2D eigenvalue weighted by Crippen LogP contribution is 2.25. The molecule has 0 bridgehead atoms. The van der Waals surface area contributed by atoms with Crippen LogP contribution in [0.25, 0.3) is 0 Å². The van der Waals surface area contributed by atoms with Crippen molar-refractivity contribution < 1.29 is 4.39 Å². The van der Waals surface area contributed by atoms with Gasteiger partial charge in [0.05, 0.1) is 16.4 Å². The average Bonchev–Trinajstić information content (AvgIpc) is 2.64. The van der Waals surface area contributed by atoms with Crippen LogP contribution in [0.15, 0.2) is 24.3 Å². The highest BCUT2D eigenvalue weighted by Gasteiger charge is 2.18. The number of hydrogen-bond donors (Lipinski definition) is 1. The molecule has 1 atom stereocenters. The molecule has 0 amide bonds. The van der Waals surface area contributed by atoms with E-state index in [4.69, 9.17) is 11.6 Å². The van der Waals surface area contributed by atoms with Gasteiger partial charge in [-0.15, -0.1) is 0 Å². The Kier molecular flexibility index (Phi) is 4.78. The van der Waals surface area contributed by atoms with Gasteiger partial charge in [0, 0.05) is 19.5 Å². The fourth-order valence-electron chi connectivity index (χ4n) is 2.37. The van der Waals surface area contributed by atoms with Crippen LogP contribution >= 0.6 is 11.6 Å². The predicted octanol–water partition coefficient (Wildman–Crippen LogP) is 3.41. The minimum Gasteiger partial charge on any atom is -0.310 e. The fraction of sp³-hybridized carbons (Fsp3) is 0.400. The van der Waals surface area contributed by atoms with Gasteiger partial charge in [-0.3, -0.25) is 4.68 Å². The Balaban J connectivity index is 2.30. The van der Waals surface area contributed by atoms with E-state index in [-0.39, 0.29) is 11.9 Å². The molecule has 0 radical (unpaired) electrons. The summed E-state index contributed by atoms with van der Waals surface area (Å²) in [6, 6.07) is 6.68. The molecule has 3 nitrogen and oxygen atoms in total. The number of rotatable bonds is 5. The summed E-state index contributed by atoms with van der Waals surface area (Å²) in [5.41, 5.74) is 2.69. The van der Waals surface area contributed by atoms with Crippen LogP contribution < -0.4 is 5.32 Å². The minimum atomic E-state index is -0.224. The van der Waals surface area contributed by atoms with E-state index in [2.05, 4.69) is 10.4 Å². The number of aromatic nitrogens is 2. The maximum atomic E-state index is 13.4. The van der Waals surface area contributed by atoms with Gasteiger partial charge in [-0.2, -0.15) is 5.10 Å². The summed E-state index contributed by atoms with van der Waals surface area (Å²) in [4.78, 5) is 0. The number of likely N-dealkylation sites (N-methyl/N-ethyl adjacent to an activating group) is 1. The number of aryl methyl sites for hydroxylation is 2. The number of hydrogen-bond acceptors (Lipinski definition) is 2. The molecule has 0 saturated heterocycles. The molecular formula is C15H19ClFN3. The summed E-state index contributed by atoms with van der Waals surface area (Å²) in [6.07, 6.45) is 0.674. The van der Waals surface area contributed by atoms with E-state index >= 15 is 0 Å². The summed E-state index contributed by atoms with van der Waals surface area (Å²) >= 11 is 6.29. The third kappa shape index (κ3) is 3.19. The van der Waals surface area contributed by atoms with E-state index in [1.54, 1.807) is 16.8 Å². The van der Waals surface area contributed by atoms with Gasteiger partial charge in [0.2, 0.25) is 0 Å². The standard InChI is InChI=1S/C15H19ClFN3/c1-4-18-13(11-6-5-7-12(17)8-11)9-14-15(16)10(2)19-20(14)3/h5-8,13,18H,4,9H2,1-3H3. The van der Waals surface area contributed by atoms with E-state index in [1.807, 2.05) is 27.0 Å². The SMILES string of the molecule is CCNC(Cc1c(Cl)c(C)nn1C)c1cccc(F)c1. The molecule has 2 rings (SSSR count). The molecule has 0 aliphatic heterocycles. The number of halogens is 2. The molecule has 0 aliphatic carbocycles. The lowest BCUT2D eigenvalue weighted by atomic mass is 10.0.